The van der Waals surface area contributed by atoms with E-state index in [0.717, 1.165) is 12.0 Å². The molecule has 2 rings (SSSR count). The highest BCUT2D eigenvalue weighted by Gasteiger charge is 2.28. The van der Waals surface area contributed by atoms with Gasteiger partial charge in [-0.05, 0) is 43.6 Å². The van der Waals surface area contributed by atoms with Crippen molar-refractivity contribution in [2.24, 2.45) is 11.8 Å². The Morgan fingerprint density at radius 2 is 2.33 bits per heavy atom. The fourth-order valence-electron chi connectivity index (χ4n) is 2.18. The Balaban J connectivity index is 2.16. The summed E-state index contributed by atoms with van der Waals surface area (Å²) in [5.74, 6) is 1.56. The van der Waals surface area contributed by atoms with Crippen LogP contribution in [0.15, 0.2) is 23.8 Å². The zero-order chi connectivity index (χ0) is 8.55. The number of ketones is 1. The lowest BCUT2D eigenvalue weighted by molar-refractivity contribution is -0.113. The second kappa shape index (κ2) is 2.89. The van der Waals surface area contributed by atoms with Crippen molar-refractivity contribution in [1.82, 2.24) is 0 Å². The van der Waals surface area contributed by atoms with Gasteiger partial charge in [0.1, 0.15) is 0 Å². The lowest BCUT2D eigenvalue weighted by atomic mass is 9.87. The highest BCUT2D eigenvalue weighted by molar-refractivity contribution is 5.93. The highest BCUT2D eigenvalue weighted by Crippen LogP contribution is 2.37. The van der Waals surface area contributed by atoms with E-state index in [9.17, 15) is 4.79 Å². The number of allylic oxidation sites excluding steroid dienone is 4. The van der Waals surface area contributed by atoms with Gasteiger partial charge in [-0.3, -0.25) is 4.79 Å². The van der Waals surface area contributed by atoms with Crippen LogP contribution in [0.25, 0.3) is 0 Å². The summed E-state index contributed by atoms with van der Waals surface area (Å²) in [5, 5.41) is 0. The third-order valence-electron chi connectivity index (χ3n) is 2.92. The summed E-state index contributed by atoms with van der Waals surface area (Å²) >= 11 is 0. The molecule has 2 aliphatic carbocycles. The maximum atomic E-state index is 11.1. The predicted octanol–water partition coefficient (Wildman–Crippen LogP) is 2.49. The number of hydrogen-bond acceptors (Lipinski definition) is 1. The SMILES string of the molecule is CC(=O)C1=C[C@H]2CCC=C[C@H]2C1. The number of hydrogen-bond donors (Lipinski definition) is 0. The summed E-state index contributed by atoms with van der Waals surface area (Å²) in [4.78, 5) is 11.1. The first-order valence-electron chi connectivity index (χ1n) is 4.65. The molecule has 0 aromatic heterocycles. The van der Waals surface area contributed by atoms with Crippen LogP contribution < -0.4 is 0 Å². The van der Waals surface area contributed by atoms with Crippen molar-refractivity contribution in [3.8, 4) is 0 Å². The fraction of sp³-hybridized carbons (Fsp3) is 0.545. The number of fused-ring (bicyclic) bond motifs is 1. The Bertz CT molecular complexity index is 260. The zero-order valence-corrected chi connectivity index (χ0v) is 7.42. The maximum absolute atomic E-state index is 11.1. The van der Waals surface area contributed by atoms with E-state index >= 15 is 0 Å². The molecule has 0 unspecified atom stereocenters. The van der Waals surface area contributed by atoms with E-state index in [2.05, 4.69) is 18.2 Å². The van der Waals surface area contributed by atoms with Crippen molar-refractivity contribution >= 4 is 5.78 Å². The fourth-order valence-corrected chi connectivity index (χ4v) is 2.18. The first-order chi connectivity index (χ1) is 5.77. The third-order valence-corrected chi connectivity index (χ3v) is 2.92. The predicted molar refractivity (Wildman–Crippen MR) is 48.7 cm³/mol. The molecule has 0 saturated carbocycles. The van der Waals surface area contributed by atoms with Crippen molar-refractivity contribution in [2.75, 3.05) is 0 Å². The van der Waals surface area contributed by atoms with Gasteiger partial charge in [-0.15, -0.1) is 0 Å². The Morgan fingerprint density at radius 3 is 3.00 bits per heavy atom. The van der Waals surface area contributed by atoms with Gasteiger partial charge < -0.3 is 0 Å². The molecule has 0 amide bonds. The van der Waals surface area contributed by atoms with Crippen LogP contribution in [-0.4, -0.2) is 5.78 Å². The van der Waals surface area contributed by atoms with Crippen molar-refractivity contribution in [3.05, 3.63) is 23.8 Å². The molecule has 0 N–H and O–H groups in total. The van der Waals surface area contributed by atoms with E-state index in [1.54, 1.807) is 6.92 Å². The molecular formula is C11H14O. The van der Waals surface area contributed by atoms with E-state index < -0.39 is 0 Å². The van der Waals surface area contributed by atoms with Gasteiger partial charge in [0.2, 0.25) is 0 Å². The molecule has 0 bridgehead atoms. The lowest BCUT2D eigenvalue weighted by Crippen LogP contribution is -2.08. The van der Waals surface area contributed by atoms with Crippen LogP contribution in [0.5, 0.6) is 0 Å². The van der Waals surface area contributed by atoms with Gasteiger partial charge in [0.25, 0.3) is 0 Å². The van der Waals surface area contributed by atoms with Crippen LogP contribution in [0, 0.1) is 11.8 Å². The van der Waals surface area contributed by atoms with E-state index in [1.165, 1.54) is 12.8 Å². The molecular weight excluding hydrogens is 148 g/mol. The van der Waals surface area contributed by atoms with E-state index in [-0.39, 0.29) is 5.78 Å². The van der Waals surface area contributed by atoms with Crippen LogP contribution in [0.4, 0.5) is 0 Å². The molecule has 64 valence electrons. The third kappa shape index (κ3) is 1.24. The molecule has 0 saturated heterocycles. The number of Topliss-reactive ketones (excluding diaryl/α,β-unsaturated/α-hetero) is 1. The first-order valence-corrected chi connectivity index (χ1v) is 4.65. The summed E-state index contributed by atoms with van der Waals surface area (Å²) in [6.07, 6.45) is 10.1. The van der Waals surface area contributed by atoms with Gasteiger partial charge in [-0.25, -0.2) is 0 Å². The molecule has 2 atom stereocenters. The lowest BCUT2D eigenvalue weighted by Gasteiger charge is -2.18. The van der Waals surface area contributed by atoms with Crippen LogP contribution in [0.3, 0.4) is 0 Å². The van der Waals surface area contributed by atoms with Crippen molar-refractivity contribution in [1.29, 1.82) is 0 Å². The standard InChI is InChI=1S/C11H14O/c1-8(12)11-6-9-4-2-3-5-10(9)7-11/h2,4,7,9-10H,3,5-6H2,1H3/t9-,10+/m0/s1. The summed E-state index contributed by atoms with van der Waals surface area (Å²) in [6.45, 7) is 1.67. The van der Waals surface area contributed by atoms with Crippen LogP contribution >= 0.6 is 0 Å². The molecule has 0 aromatic carbocycles. The second-order valence-electron chi connectivity index (χ2n) is 3.79. The van der Waals surface area contributed by atoms with E-state index in [4.69, 9.17) is 0 Å². The maximum Gasteiger partial charge on any atom is 0.155 e. The largest absolute Gasteiger partial charge is 0.295 e. The van der Waals surface area contributed by atoms with Gasteiger partial charge in [0.05, 0.1) is 0 Å². The number of rotatable bonds is 1. The Labute approximate surface area is 73.2 Å². The van der Waals surface area contributed by atoms with Crippen molar-refractivity contribution in [3.63, 3.8) is 0 Å². The van der Waals surface area contributed by atoms with Gasteiger partial charge in [-0.1, -0.05) is 18.2 Å². The summed E-state index contributed by atoms with van der Waals surface area (Å²) in [6, 6.07) is 0. The molecule has 0 fully saturated rings. The van der Waals surface area contributed by atoms with Crippen LogP contribution in [0.1, 0.15) is 26.2 Å². The van der Waals surface area contributed by atoms with Crippen molar-refractivity contribution < 1.29 is 4.79 Å². The van der Waals surface area contributed by atoms with E-state index in [1.807, 2.05) is 0 Å². The molecule has 2 aliphatic rings. The molecule has 1 heteroatoms. The average Bonchev–Trinajstić information content (AvgIpc) is 2.46. The first kappa shape index (κ1) is 7.78. The molecule has 1 nitrogen and oxygen atoms in total. The molecule has 0 radical (unpaired) electrons. The van der Waals surface area contributed by atoms with Crippen molar-refractivity contribution in [2.45, 2.75) is 26.2 Å². The topological polar surface area (TPSA) is 17.1 Å². The van der Waals surface area contributed by atoms with Gasteiger partial charge in [0, 0.05) is 0 Å². The summed E-state index contributed by atoms with van der Waals surface area (Å²) in [5.41, 5.74) is 1.05. The number of carbonyl (C=O) groups is 1. The van der Waals surface area contributed by atoms with E-state index in [0.29, 0.717) is 11.8 Å². The quantitative estimate of drug-likeness (QED) is 0.541. The molecule has 0 aliphatic heterocycles. The Morgan fingerprint density at radius 1 is 1.50 bits per heavy atom. The van der Waals surface area contributed by atoms with Gasteiger partial charge in [-0.2, -0.15) is 0 Å². The normalized spacial score (nSPS) is 32.9. The zero-order valence-electron chi connectivity index (χ0n) is 7.42. The molecule has 12 heavy (non-hydrogen) atoms. The monoisotopic (exact) mass is 162 g/mol. The van der Waals surface area contributed by atoms with Crippen LogP contribution in [0.2, 0.25) is 0 Å². The minimum Gasteiger partial charge on any atom is -0.295 e. The highest BCUT2D eigenvalue weighted by atomic mass is 16.1. The Hall–Kier alpha value is -0.850. The second-order valence-corrected chi connectivity index (χ2v) is 3.79. The van der Waals surface area contributed by atoms with Gasteiger partial charge >= 0.3 is 0 Å². The summed E-state index contributed by atoms with van der Waals surface area (Å²) < 4.78 is 0. The summed E-state index contributed by atoms with van der Waals surface area (Å²) in [7, 11) is 0. The number of carbonyl (C=O) groups excluding carboxylic acids is 1. The minimum atomic E-state index is 0.262. The molecule has 0 heterocycles. The molecule has 0 spiro atoms. The Kier molecular flexibility index (Phi) is 1.87. The van der Waals surface area contributed by atoms with Crippen LogP contribution in [-0.2, 0) is 4.79 Å². The minimum absolute atomic E-state index is 0.262. The smallest absolute Gasteiger partial charge is 0.155 e. The average molecular weight is 162 g/mol. The molecule has 0 aromatic rings. The van der Waals surface area contributed by atoms with Gasteiger partial charge in [0.15, 0.2) is 5.78 Å².